The topological polar surface area (TPSA) is 89.0 Å². The number of aliphatic imine (C=N–C) groups is 1. The van der Waals surface area contributed by atoms with Gasteiger partial charge in [0, 0.05) is 11.4 Å². The smallest absolute Gasteiger partial charge is 0.311 e. The Kier molecular flexibility index (Phi) is 7.13. The van der Waals surface area contributed by atoms with Crippen LogP contribution in [-0.4, -0.2) is 36.4 Å². The summed E-state index contributed by atoms with van der Waals surface area (Å²) in [6.45, 7) is 1.81. The first-order valence-electron chi connectivity index (χ1n) is 9.32. The van der Waals surface area contributed by atoms with Crippen LogP contribution in [0.3, 0.4) is 0 Å². The van der Waals surface area contributed by atoms with Crippen LogP contribution in [0.2, 0.25) is 0 Å². The lowest BCUT2D eigenvalue weighted by Crippen LogP contribution is -2.23. The van der Waals surface area contributed by atoms with Crippen LogP contribution >= 0.6 is 11.8 Å². The third-order valence-corrected chi connectivity index (χ3v) is 5.33. The fraction of sp³-hybridized carbons (Fsp3) is 0.227. The molecule has 8 heteroatoms. The lowest BCUT2D eigenvalue weighted by molar-refractivity contribution is -0.139. The van der Waals surface area contributed by atoms with Crippen molar-refractivity contribution in [2.45, 2.75) is 18.6 Å². The van der Waals surface area contributed by atoms with Crippen LogP contribution in [-0.2, 0) is 14.3 Å². The highest BCUT2D eigenvalue weighted by atomic mass is 32.2. The van der Waals surface area contributed by atoms with E-state index in [1.54, 1.807) is 37.5 Å². The third-order valence-electron chi connectivity index (χ3n) is 4.31. The van der Waals surface area contributed by atoms with E-state index in [9.17, 15) is 9.59 Å². The molecule has 3 rings (SSSR count). The van der Waals surface area contributed by atoms with E-state index >= 15 is 0 Å². The molecule has 0 radical (unpaired) electrons. The minimum absolute atomic E-state index is 0.0802. The second kappa shape index (κ2) is 9.98. The van der Waals surface area contributed by atoms with Crippen molar-refractivity contribution in [2.24, 2.45) is 4.99 Å². The molecule has 1 atom stereocenters. The standard InChI is InChI=1S/C22H23N3O4S/c1-14(22(27)24-15-8-10-17(28-2)11-9-15)30-20-12-16(13-21(26)29-3)23-18-6-4-5-7-19(18)25-20/h4-12,14,23H,13H2,1-3H3,(H,24,27)/t14-/m0/s1. The molecule has 0 saturated heterocycles. The van der Waals surface area contributed by atoms with Crippen molar-refractivity contribution in [3.63, 3.8) is 0 Å². The summed E-state index contributed by atoms with van der Waals surface area (Å²) >= 11 is 1.32. The number of nitrogens with one attached hydrogen (secondary N) is 2. The van der Waals surface area contributed by atoms with E-state index in [1.165, 1.54) is 18.9 Å². The monoisotopic (exact) mass is 425 g/mol. The summed E-state index contributed by atoms with van der Waals surface area (Å²) in [5.74, 6) is 0.210. The molecule has 7 nitrogen and oxygen atoms in total. The Balaban J connectivity index is 1.75. The van der Waals surface area contributed by atoms with Gasteiger partial charge >= 0.3 is 5.97 Å². The maximum Gasteiger partial charge on any atom is 0.311 e. The number of carbonyl (C=O) groups excluding carboxylic acids is 2. The van der Waals surface area contributed by atoms with E-state index < -0.39 is 5.25 Å². The zero-order chi connectivity index (χ0) is 21.5. The average Bonchev–Trinajstić information content (AvgIpc) is 2.92. The van der Waals surface area contributed by atoms with Gasteiger partial charge in [0.1, 0.15) is 5.75 Å². The Hall–Kier alpha value is -3.26. The van der Waals surface area contributed by atoms with Crippen molar-refractivity contribution in [2.75, 3.05) is 24.9 Å². The van der Waals surface area contributed by atoms with Gasteiger partial charge in [-0.25, -0.2) is 4.99 Å². The number of amides is 1. The number of carbonyl (C=O) groups is 2. The molecule has 30 heavy (non-hydrogen) atoms. The maximum absolute atomic E-state index is 12.6. The normalized spacial score (nSPS) is 13.6. The van der Waals surface area contributed by atoms with Crippen LogP contribution in [0.25, 0.3) is 0 Å². The Morgan fingerprint density at radius 2 is 1.87 bits per heavy atom. The van der Waals surface area contributed by atoms with Crippen molar-refractivity contribution >= 4 is 45.7 Å². The molecule has 0 aromatic heterocycles. The quantitative estimate of drug-likeness (QED) is 0.669. The number of para-hydroxylation sites is 2. The van der Waals surface area contributed by atoms with Gasteiger partial charge in [0.25, 0.3) is 0 Å². The molecule has 0 bridgehead atoms. The number of methoxy groups -OCH3 is 2. The second-order valence-electron chi connectivity index (χ2n) is 6.49. The number of hydrogen-bond acceptors (Lipinski definition) is 7. The fourth-order valence-electron chi connectivity index (χ4n) is 2.72. The summed E-state index contributed by atoms with van der Waals surface area (Å²) in [5.41, 5.74) is 2.86. The number of anilines is 2. The molecule has 0 unspecified atom stereocenters. The van der Waals surface area contributed by atoms with Crippen molar-refractivity contribution < 1.29 is 19.1 Å². The first kappa shape index (κ1) is 21.4. The second-order valence-corrected chi connectivity index (χ2v) is 7.85. The molecule has 2 aromatic rings. The number of rotatable bonds is 6. The van der Waals surface area contributed by atoms with Crippen LogP contribution in [0, 0.1) is 0 Å². The van der Waals surface area contributed by atoms with Gasteiger partial charge in [-0.2, -0.15) is 0 Å². The lowest BCUT2D eigenvalue weighted by Gasteiger charge is -2.12. The molecule has 2 N–H and O–H groups in total. The molecular formula is C22H23N3O4S. The van der Waals surface area contributed by atoms with Crippen molar-refractivity contribution in [3.8, 4) is 5.75 Å². The zero-order valence-electron chi connectivity index (χ0n) is 17.0. The summed E-state index contributed by atoms with van der Waals surface area (Å²) < 4.78 is 9.91. The summed E-state index contributed by atoms with van der Waals surface area (Å²) in [6, 6.07) is 14.7. The average molecular weight is 426 g/mol. The predicted octanol–water partition coefficient (Wildman–Crippen LogP) is 4.36. The summed E-state index contributed by atoms with van der Waals surface area (Å²) in [6.07, 6.45) is 1.86. The van der Waals surface area contributed by atoms with Crippen LogP contribution in [0.4, 0.5) is 17.1 Å². The molecule has 1 aliphatic heterocycles. The molecule has 1 heterocycles. The predicted molar refractivity (Wildman–Crippen MR) is 121 cm³/mol. The van der Waals surface area contributed by atoms with Crippen LogP contribution < -0.4 is 15.4 Å². The molecule has 0 spiro atoms. The van der Waals surface area contributed by atoms with E-state index in [-0.39, 0.29) is 18.3 Å². The highest BCUT2D eigenvalue weighted by Crippen LogP contribution is 2.32. The molecule has 156 valence electrons. The molecule has 1 amide bonds. The van der Waals surface area contributed by atoms with E-state index in [4.69, 9.17) is 9.47 Å². The summed E-state index contributed by atoms with van der Waals surface area (Å²) in [4.78, 5) is 29.1. The van der Waals surface area contributed by atoms with E-state index in [0.29, 0.717) is 16.4 Å². The van der Waals surface area contributed by atoms with Gasteiger partial charge in [-0.3, -0.25) is 9.59 Å². The minimum atomic E-state index is -0.410. The summed E-state index contributed by atoms with van der Waals surface area (Å²) in [5, 5.41) is 6.33. The van der Waals surface area contributed by atoms with Gasteiger partial charge in [0.15, 0.2) is 0 Å². The highest BCUT2D eigenvalue weighted by molar-refractivity contribution is 8.15. The maximum atomic E-state index is 12.6. The molecular weight excluding hydrogens is 402 g/mol. The Morgan fingerprint density at radius 3 is 2.57 bits per heavy atom. The van der Waals surface area contributed by atoms with E-state index in [0.717, 1.165) is 17.1 Å². The number of esters is 1. The third kappa shape index (κ3) is 5.64. The van der Waals surface area contributed by atoms with E-state index in [2.05, 4.69) is 15.6 Å². The molecule has 0 saturated carbocycles. The van der Waals surface area contributed by atoms with Crippen molar-refractivity contribution in [3.05, 3.63) is 60.3 Å². The van der Waals surface area contributed by atoms with Crippen LogP contribution in [0.5, 0.6) is 5.75 Å². The number of fused-ring (bicyclic) bond motifs is 1. The van der Waals surface area contributed by atoms with Gasteiger partial charge in [0.05, 0.1) is 42.3 Å². The van der Waals surface area contributed by atoms with Crippen LogP contribution in [0.1, 0.15) is 13.3 Å². The van der Waals surface area contributed by atoms with Gasteiger partial charge in [-0.15, -0.1) is 0 Å². The number of benzene rings is 2. The van der Waals surface area contributed by atoms with Crippen molar-refractivity contribution in [1.29, 1.82) is 0 Å². The SMILES string of the molecule is COC(=O)CC1=CC(S[C@@H](C)C(=O)Nc2ccc(OC)cc2)=Nc2ccccc2N1. The molecule has 2 aromatic carbocycles. The first-order chi connectivity index (χ1) is 14.5. The van der Waals surface area contributed by atoms with Gasteiger partial charge in [-0.1, -0.05) is 23.9 Å². The van der Waals surface area contributed by atoms with Crippen LogP contribution in [0.15, 0.2) is 65.3 Å². The Morgan fingerprint density at radius 1 is 1.13 bits per heavy atom. The lowest BCUT2D eigenvalue weighted by atomic mass is 10.2. The van der Waals surface area contributed by atoms with E-state index in [1.807, 2.05) is 31.2 Å². The number of thioether (sulfide) groups is 1. The number of ether oxygens (including phenoxy) is 2. The number of hydrogen-bond donors (Lipinski definition) is 2. The Bertz CT molecular complexity index is 986. The summed E-state index contributed by atoms with van der Waals surface area (Å²) in [7, 11) is 2.94. The molecule has 0 aliphatic carbocycles. The Labute approximate surface area is 179 Å². The zero-order valence-corrected chi connectivity index (χ0v) is 17.8. The molecule has 0 fully saturated rings. The minimum Gasteiger partial charge on any atom is -0.497 e. The molecule has 1 aliphatic rings. The van der Waals surface area contributed by atoms with Crippen molar-refractivity contribution in [1.82, 2.24) is 0 Å². The highest BCUT2D eigenvalue weighted by Gasteiger charge is 2.20. The largest absolute Gasteiger partial charge is 0.497 e. The first-order valence-corrected chi connectivity index (χ1v) is 10.2. The van der Waals surface area contributed by atoms with Gasteiger partial charge in [-0.05, 0) is 49.4 Å². The fourth-order valence-corrected chi connectivity index (χ4v) is 3.61. The van der Waals surface area contributed by atoms with Gasteiger partial charge < -0.3 is 20.1 Å². The van der Waals surface area contributed by atoms with Gasteiger partial charge in [0.2, 0.25) is 5.91 Å². The number of nitrogens with zero attached hydrogens (tertiary/aromatic N) is 1.